The molecule has 1 fully saturated rings. The molecule has 5 rings (SSSR count). The molecular weight excluding hydrogens is 462 g/mol. The first-order valence-corrected chi connectivity index (χ1v) is 12.4. The minimum Gasteiger partial charge on any atom is -0.491 e. The summed E-state index contributed by atoms with van der Waals surface area (Å²) >= 11 is 7.40. The first-order chi connectivity index (χ1) is 16.6. The van der Waals surface area contributed by atoms with E-state index in [4.69, 9.17) is 21.4 Å². The van der Waals surface area contributed by atoms with Gasteiger partial charge in [0.05, 0.1) is 17.8 Å². The van der Waals surface area contributed by atoms with Gasteiger partial charge in [0.1, 0.15) is 17.6 Å². The van der Waals surface area contributed by atoms with Crippen LogP contribution in [0.2, 0.25) is 0 Å². The maximum absolute atomic E-state index is 6.37. The van der Waals surface area contributed by atoms with Crippen molar-refractivity contribution in [3.63, 3.8) is 0 Å². The molecule has 4 aromatic rings. The molecule has 1 aliphatic heterocycles. The van der Waals surface area contributed by atoms with E-state index in [-0.39, 0.29) is 18.2 Å². The number of nitrogens with one attached hydrogen (secondary N) is 1. The number of pyridine rings is 1. The molecule has 0 saturated carbocycles. The third kappa shape index (κ3) is 4.81. The highest BCUT2D eigenvalue weighted by Gasteiger charge is 2.42. The van der Waals surface area contributed by atoms with Crippen LogP contribution in [0, 0.1) is 0 Å². The molecule has 0 aliphatic carbocycles. The van der Waals surface area contributed by atoms with Crippen LogP contribution < -0.4 is 15.0 Å². The van der Waals surface area contributed by atoms with Crippen LogP contribution in [-0.2, 0) is 0 Å². The molecule has 2 aromatic carbocycles. The van der Waals surface area contributed by atoms with Gasteiger partial charge in [0.2, 0.25) is 0 Å². The summed E-state index contributed by atoms with van der Waals surface area (Å²) in [5.74, 6) is 1.65. The van der Waals surface area contributed by atoms with E-state index in [9.17, 15) is 0 Å². The first-order valence-electron chi connectivity index (χ1n) is 11.2. The van der Waals surface area contributed by atoms with Gasteiger partial charge in [-0.2, -0.15) is 0 Å². The minimum absolute atomic E-state index is 0.116. The number of furan rings is 1. The Labute approximate surface area is 209 Å². The molecule has 5 nitrogen and oxygen atoms in total. The molecule has 1 aliphatic rings. The van der Waals surface area contributed by atoms with Crippen molar-refractivity contribution in [2.24, 2.45) is 0 Å². The number of thiocarbonyl (C=S) groups is 1. The van der Waals surface area contributed by atoms with Gasteiger partial charge < -0.3 is 19.4 Å². The molecule has 172 valence electrons. The Morgan fingerprint density at radius 2 is 1.74 bits per heavy atom. The van der Waals surface area contributed by atoms with Crippen molar-refractivity contribution in [2.45, 2.75) is 42.0 Å². The van der Waals surface area contributed by atoms with Gasteiger partial charge >= 0.3 is 0 Å². The fourth-order valence-electron chi connectivity index (χ4n) is 4.03. The van der Waals surface area contributed by atoms with E-state index in [0.717, 1.165) is 32.9 Å². The van der Waals surface area contributed by atoms with Gasteiger partial charge in [-0.1, -0.05) is 36.0 Å². The zero-order chi connectivity index (χ0) is 23.5. The predicted octanol–water partition coefficient (Wildman–Crippen LogP) is 6.79. The maximum Gasteiger partial charge on any atom is 0.174 e. The smallest absolute Gasteiger partial charge is 0.174 e. The summed E-state index contributed by atoms with van der Waals surface area (Å²) in [4.78, 5) is 7.83. The Hall–Kier alpha value is -3.29. The SMILES string of the molecule is CC(C)Oc1ccc(N2C(=S)N[C@@H](c3ccccn3)[C@@H]2c2ccc(Sc3ccccc3)o2)cc1. The van der Waals surface area contributed by atoms with Gasteiger partial charge in [-0.05, 0) is 86.7 Å². The molecule has 0 bridgehead atoms. The highest BCUT2D eigenvalue weighted by molar-refractivity contribution is 7.99. The van der Waals surface area contributed by atoms with Crippen LogP contribution in [0.4, 0.5) is 5.69 Å². The summed E-state index contributed by atoms with van der Waals surface area (Å²) in [6.07, 6.45) is 1.92. The monoisotopic (exact) mass is 487 g/mol. The van der Waals surface area contributed by atoms with E-state index in [1.54, 1.807) is 18.0 Å². The summed E-state index contributed by atoms with van der Waals surface area (Å²) in [6, 6.07) is 27.8. The van der Waals surface area contributed by atoms with Crippen LogP contribution >= 0.6 is 24.0 Å². The molecule has 0 spiro atoms. The molecule has 1 N–H and O–H groups in total. The average molecular weight is 488 g/mol. The first kappa shape index (κ1) is 22.5. The predicted molar refractivity (Wildman–Crippen MR) is 139 cm³/mol. The zero-order valence-corrected chi connectivity index (χ0v) is 20.6. The van der Waals surface area contributed by atoms with Crippen LogP contribution in [-0.4, -0.2) is 16.2 Å². The van der Waals surface area contributed by atoms with Crippen molar-refractivity contribution in [3.8, 4) is 5.75 Å². The lowest BCUT2D eigenvalue weighted by Crippen LogP contribution is -2.29. The lowest BCUT2D eigenvalue weighted by atomic mass is 10.0. The van der Waals surface area contributed by atoms with E-state index < -0.39 is 0 Å². The van der Waals surface area contributed by atoms with Gasteiger partial charge in [0.15, 0.2) is 10.2 Å². The van der Waals surface area contributed by atoms with Gasteiger partial charge in [-0.15, -0.1) is 0 Å². The zero-order valence-electron chi connectivity index (χ0n) is 18.9. The summed E-state index contributed by atoms with van der Waals surface area (Å²) in [5, 5.41) is 4.93. The van der Waals surface area contributed by atoms with Crippen molar-refractivity contribution in [3.05, 3.63) is 103 Å². The summed E-state index contributed by atoms with van der Waals surface area (Å²) < 4.78 is 12.2. The normalized spacial score (nSPS) is 17.7. The third-order valence-electron chi connectivity index (χ3n) is 5.44. The molecule has 2 aromatic heterocycles. The van der Waals surface area contributed by atoms with Crippen molar-refractivity contribution in [1.29, 1.82) is 0 Å². The van der Waals surface area contributed by atoms with Crippen LogP contribution in [0.15, 0.2) is 106 Å². The van der Waals surface area contributed by atoms with Crippen molar-refractivity contribution >= 4 is 34.8 Å². The molecule has 0 amide bonds. The second kappa shape index (κ2) is 9.91. The van der Waals surface area contributed by atoms with E-state index >= 15 is 0 Å². The largest absolute Gasteiger partial charge is 0.491 e. The quantitative estimate of drug-likeness (QED) is 0.288. The van der Waals surface area contributed by atoms with Crippen molar-refractivity contribution in [1.82, 2.24) is 10.3 Å². The highest BCUT2D eigenvalue weighted by atomic mass is 32.2. The van der Waals surface area contributed by atoms with Gasteiger partial charge in [-0.25, -0.2) is 0 Å². The van der Waals surface area contributed by atoms with Crippen LogP contribution in [0.1, 0.15) is 37.4 Å². The average Bonchev–Trinajstić information content (AvgIpc) is 3.44. The van der Waals surface area contributed by atoms with E-state index in [1.165, 1.54) is 0 Å². The van der Waals surface area contributed by atoms with Gasteiger partial charge in [0, 0.05) is 16.8 Å². The molecule has 34 heavy (non-hydrogen) atoms. The molecule has 2 atom stereocenters. The number of hydrogen-bond donors (Lipinski definition) is 1. The van der Waals surface area contributed by atoms with E-state index in [0.29, 0.717) is 5.11 Å². The summed E-state index contributed by atoms with van der Waals surface area (Å²) in [6.45, 7) is 4.03. The Balaban J connectivity index is 1.50. The van der Waals surface area contributed by atoms with E-state index in [1.807, 2.05) is 86.6 Å². The third-order valence-corrected chi connectivity index (χ3v) is 6.68. The summed E-state index contributed by atoms with van der Waals surface area (Å²) in [7, 11) is 0. The fourth-order valence-corrected chi connectivity index (χ4v) is 5.18. The lowest BCUT2D eigenvalue weighted by molar-refractivity contribution is 0.242. The van der Waals surface area contributed by atoms with Crippen LogP contribution in [0.25, 0.3) is 0 Å². The highest BCUT2D eigenvalue weighted by Crippen LogP contribution is 2.43. The number of benzene rings is 2. The minimum atomic E-state index is -0.190. The molecular formula is C27H25N3O2S2. The van der Waals surface area contributed by atoms with E-state index in [2.05, 4.69) is 27.3 Å². The Morgan fingerprint density at radius 3 is 2.44 bits per heavy atom. The maximum atomic E-state index is 6.37. The standard InChI is InChI=1S/C27H25N3O2S2/c1-18(2)31-20-13-11-19(12-14-20)30-26(25(29-27(30)33)22-10-6-7-17-28-22)23-15-16-24(32-23)34-21-8-4-3-5-9-21/h3-18,25-26H,1-2H3,(H,29,33)/t25-,26-/m0/s1. The Kier molecular flexibility index (Phi) is 6.56. The Bertz CT molecular complexity index is 1240. The molecule has 0 radical (unpaired) electrons. The van der Waals surface area contributed by atoms with Gasteiger partial charge in [0.25, 0.3) is 0 Å². The molecule has 1 saturated heterocycles. The summed E-state index contributed by atoms with van der Waals surface area (Å²) in [5.41, 5.74) is 1.87. The van der Waals surface area contributed by atoms with Crippen LogP contribution in [0.5, 0.6) is 5.75 Å². The number of ether oxygens (including phenoxy) is 1. The van der Waals surface area contributed by atoms with Gasteiger partial charge in [-0.3, -0.25) is 4.98 Å². The molecule has 3 heterocycles. The number of aromatic nitrogens is 1. The second-order valence-corrected chi connectivity index (χ2v) is 9.69. The lowest BCUT2D eigenvalue weighted by Gasteiger charge is -2.26. The Morgan fingerprint density at radius 1 is 0.971 bits per heavy atom. The number of rotatable bonds is 7. The number of anilines is 1. The number of nitrogens with zero attached hydrogens (tertiary/aromatic N) is 2. The molecule has 0 unspecified atom stereocenters. The topological polar surface area (TPSA) is 50.5 Å². The number of hydrogen-bond acceptors (Lipinski definition) is 5. The van der Waals surface area contributed by atoms with Crippen molar-refractivity contribution in [2.75, 3.05) is 4.90 Å². The second-order valence-electron chi connectivity index (χ2n) is 8.23. The van der Waals surface area contributed by atoms with Crippen molar-refractivity contribution < 1.29 is 9.15 Å². The van der Waals surface area contributed by atoms with Crippen LogP contribution in [0.3, 0.4) is 0 Å². The fraction of sp³-hybridized carbons (Fsp3) is 0.185. The molecule has 7 heteroatoms.